The first-order valence-electron chi connectivity index (χ1n) is 7.52. The van der Waals surface area contributed by atoms with Gasteiger partial charge in [-0.1, -0.05) is 15.9 Å². The number of esters is 1. The zero-order valence-corrected chi connectivity index (χ0v) is 14.1. The number of alkyl halides is 1. The maximum Gasteiger partial charge on any atom is 0.356 e. The van der Waals surface area contributed by atoms with E-state index in [0.717, 1.165) is 41.4 Å². The average molecular weight is 364 g/mol. The van der Waals surface area contributed by atoms with Gasteiger partial charge in [0.2, 0.25) is 0 Å². The van der Waals surface area contributed by atoms with Gasteiger partial charge in [0.25, 0.3) is 0 Å². The maximum absolute atomic E-state index is 12.4. The molecule has 2 aromatic heterocycles. The van der Waals surface area contributed by atoms with Crippen LogP contribution in [0.2, 0.25) is 0 Å². The minimum atomic E-state index is -0.275. The minimum Gasteiger partial charge on any atom is -0.461 e. The predicted octanol–water partition coefficient (Wildman–Crippen LogP) is 3.01. The molecule has 0 saturated heterocycles. The van der Waals surface area contributed by atoms with Crippen LogP contribution in [0.1, 0.15) is 35.0 Å². The summed E-state index contributed by atoms with van der Waals surface area (Å²) in [5, 5.41) is 5.58. The monoisotopic (exact) mass is 363 g/mol. The molecule has 0 saturated carbocycles. The van der Waals surface area contributed by atoms with Gasteiger partial charge in [0, 0.05) is 35.4 Å². The van der Waals surface area contributed by atoms with Crippen molar-refractivity contribution in [1.82, 2.24) is 14.8 Å². The fourth-order valence-corrected chi connectivity index (χ4v) is 3.12. The van der Waals surface area contributed by atoms with E-state index >= 15 is 0 Å². The van der Waals surface area contributed by atoms with E-state index in [9.17, 15) is 4.79 Å². The molecule has 0 radical (unpaired) electrons. The molecule has 6 heteroatoms. The van der Waals surface area contributed by atoms with Gasteiger partial charge < -0.3 is 4.74 Å². The van der Waals surface area contributed by atoms with Crippen molar-refractivity contribution < 1.29 is 9.53 Å². The van der Waals surface area contributed by atoms with Gasteiger partial charge in [-0.05, 0) is 37.8 Å². The van der Waals surface area contributed by atoms with E-state index in [2.05, 4.69) is 20.9 Å². The number of ether oxygens (including phenoxy) is 1. The van der Waals surface area contributed by atoms with E-state index in [1.165, 1.54) is 5.56 Å². The number of aromatic nitrogens is 3. The molecule has 2 heterocycles. The average Bonchev–Trinajstić information content (AvgIpc) is 2.92. The second kappa shape index (κ2) is 6.60. The van der Waals surface area contributed by atoms with Crippen molar-refractivity contribution >= 4 is 21.9 Å². The first kappa shape index (κ1) is 15.2. The number of halogens is 1. The highest BCUT2D eigenvalue weighted by molar-refractivity contribution is 9.09. The summed E-state index contributed by atoms with van der Waals surface area (Å²) in [5.74, 6) is -0.275. The molecular weight excluding hydrogens is 346 g/mol. The van der Waals surface area contributed by atoms with Crippen LogP contribution in [0, 0.1) is 0 Å². The van der Waals surface area contributed by atoms with Gasteiger partial charge in [0.1, 0.15) is 5.69 Å². The van der Waals surface area contributed by atoms with Crippen LogP contribution in [-0.4, -0.2) is 32.7 Å². The summed E-state index contributed by atoms with van der Waals surface area (Å²) < 4.78 is 7.04. The highest BCUT2D eigenvalue weighted by Crippen LogP contribution is 2.34. The van der Waals surface area contributed by atoms with Gasteiger partial charge in [0.05, 0.1) is 12.3 Å². The predicted molar refractivity (Wildman–Crippen MR) is 87.2 cm³/mol. The van der Waals surface area contributed by atoms with Crippen molar-refractivity contribution in [2.45, 2.75) is 32.7 Å². The number of nitrogens with zero attached hydrogens (tertiary/aromatic N) is 3. The molecule has 0 fully saturated rings. The number of fused-ring (bicyclic) bond motifs is 3. The summed E-state index contributed by atoms with van der Waals surface area (Å²) in [6, 6.07) is 1.98. The van der Waals surface area contributed by atoms with E-state index in [-0.39, 0.29) is 5.97 Å². The summed E-state index contributed by atoms with van der Waals surface area (Å²) in [6.45, 7) is 2.90. The lowest BCUT2D eigenvalue weighted by Crippen LogP contribution is -2.16. The van der Waals surface area contributed by atoms with Crippen LogP contribution in [0.15, 0.2) is 18.5 Å². The number of rotatable bonds is 5. The van der Waals surface area contributed by atoms with Gasteiger partial charge >= 0.3 is 5.97 Å². The lowest BCUT2D eigenvalue weighted by molar-refractivity contribution is 0.0510. The van der Waals surface area contributed by atoms with Gasteiger partial charge in [-0.15, -0.1) is 0 Å². The molecular formula is C16H18BrN3O2. The maximum atomic E-state index is 12.4. The van der Waals surface area contributed by atoms with E-state index in [1.807, 2.05) is 19.2 Å². The lowest BCUT2D eigenvalue weighted by atomic mass is 9.90. The SMILES string of the molecule is CCOC(=O)c1c2c(nn1CCCBr)-c1ccncc1CC2. The Hall–Kier alpha value is -1.69. The molecule has 0 aromatic carbocycles. The molecule has 5 nitrogen and oxygen atoms in total. The Kier molecular flexibility index (Phi) is 4.57. The van der Waals surface area contributed by atoms with Crippen LogP contribution >= 0.6 is 15.9 Å². The zero-order valence-electron chi connectivity index (χ0n) is 12.5. The van der Waals surface area contributed by atoms with E-state index in [1.54, 1.807) is 10.9 Å². The molecule has 0 aliphatic heterocycles. The fraction of sp³-hybridized carbons (Fsp3) is 0.438. The summed E-state index contributed by atoms with van der Waals surface area (Å²) >= 11 is 3.43. The van der Waals surface area contributed by atoms with Crippen molar-refractivity contribution in [3.05, 3.63) is 35.3 Å². The molecule has 0 bridgehead atoms. The Bertz CT molecular complexity index is 697. The standard InChI is InChI=1S/C16H18BrN3O2/c1-2-22-16(21)15-13-5-4-11-10-18-8-6-12(11)14(13)19-20(15)9-3-7-17/h6,8,10H,2-5,7,9H2,1H3. The normalized spacial score (nSPS) is 12.6. The van der Waals surface area contributed by atoms with Crippen molar-refractivity contribution in [3.63, 3.8) is 0 Å². The van der Waals surface area contributed by atoms with Crippen LogP contribution in [0.25, 0.3) is 11.3 Å². The third-order valence-electron chi connectivity index (χ3n) is 3.83. The van der Waals surface area contributed by atoms with Crippen LogP contribution in [-0.2, 0) is 24.1 Å². The second-order valence-electron chi connectivity index (χ2n) is 5.19. The van der Waals surface area contributed by atoms with Gasteiger partial charge in [-0.25, -0.2) is 4.79 Å². The number of pyridine rings is 1. The molecule has 116 valence electrons. The van der Waals surface area contributed by atoms with Crippen molar-refractivity contribution in [3.8, 4) is 11.3 Å². The van der Waals surface area contributed by atoms with Crippen LogP contribution in [0.5, 0.6) is 0 Å². The van der Waals surface area contributed by atoms with Gasteiger partial charge in [0.15, 0.2) is 0 Å². The number of aryl methyl sites for hydroxylation is 2. The first-order chi connectivity index (χ1) is 10.8. The molecule has 0 spiro atoms. The van der Waals surface area contributed by atoms with Crippen LogP contribution in [0.3, 0.4) is 0 Å². The third kappa shape index (κ3) is 2.67. The summed E-state index contributed by atoms with van der Waals surface area (Å²) in [6.07, 6.45) is 6.26. The number of carbonyl (C=O) groups is 1. The van der Waals surface area contributed by atoms with Crippen molar-refractivity contribution in [1.29, 1.82) is 0 Å². The molecule has 1 aliphatic rings. The molecule has 2 aromatic rings. The quantitative estimate of drug-likeness (QED) is 0.605. The molecule has 0 atom stereocenters. The lowest BCUT2D eigenvalue weighted by Gasteiger charge is -2.14. The third-order valence-corrected chi connectivity index (χ3v) is 4.39. The number of carbonyl (C=O) groups excluding carboxylic acids is 1. The molecule has 0 unspecified atom stereocenters. The summed E-state index contributed by atoms with van der Waals surface area (Å²) in [5.41, 5.74) is 4.79. The molecule has 1 aliphatic carbocycles. The molecule has 0 N–H and O–H groups in total. The van der Waals surface area contributed by atoms with Gasteiger partial charge in [-0.3, -0.25) is 9.67 Å². The second-order valence-corrected chi connectivity index (χ2v) is 5.99. The van der Waals surface area contributed by atoms with Crippen molar-refractivity contribution in [2.75, 3.05) is 11.9 Å². The van der Waals surface area contributed by atoms with Crippen molar-refractivity contribution in [2.24, 2.45) is 0 Å². The molecule has 22 heavy (non-hydrogen) atoms. The molecule has 0 amide bonds. The smallest absolute Gasteiger partial charge is 0.356 e. The Morgan fingerprint density at radius 1 is 1.45 bits per heavy atom. The Morgan fingerprint density at radius 3 is 3.09 bits per heavy atom. The van der Waals surface area contributed by atoms with E-state index < -0.39 is 0 Å². The van der Waals surface area contributed by atoms with E-state index in [4.69, 9.17) is 9.84 Å². The van der Waals surface area contributed by atoms with Crippen LogP contribution in [0.4, 0.5) is 0 Å². The summed E-state index contributed by atoms with van der Waals surface area (Å²) in [7, 11) is 0. The molecule has 3 rings (SSSR count). The highest BCUT2D eigenvalue weighted by atomic mass is 79.9. The van der Waals surface area contributed by atoms with Gasteiger partial charge in [-0.2, -0.15) is 5.10 Å². The van der Waals surface area contributed by atoms with Crippen LogP contribution < -0.4 is 0 Å². The highest BCUT2D eigenvalue weighted by Gasteiger charge is 2.28. The Labute approximate surface area is 137 Å². The number of hydrogen-bond acceptors (Lipinski definition) is 4. The first-order valence-corrected chi connectivity index (χ1v) is 8.64. The minimum absolute atomic E-state index is 0.275. The Morgan fingerprint density at radius 2 is 2.32 bits per heavy atom. The largest absolute Gasteiger partial charge is 0.461 e. The zero-order chi connectivity index (χ0) is 15.5. The number of hydrogen-bond donors (Lipinski definition) is 0. The van der Waals surface area contributed by atoms with E-state index in [0.29, 0.717) is 18.8 Å². The fourth-order valence-electron chi connectivity index (χ4n) is 2.87. The Balaban J connectivity index is 2.09. The topological polar surface area (TPSA) is 57.0 Å². The summed E-state index contributed by atoms with van der Waals surface area (Å²) in [4.78, 5) is 16.5.